The molecular formula is C16H22N4O2. The van der Waals surface area contributed by atoms with E-state index in [-0.39, 0.29) is 5.56 Å². The molecule has 1 aliphatic rings. The first-order chi connectivity index (χ1) is 10.6. The zero-order valence-electron chi connectivity index (χ0n) is 13.1. The molecule has 0 saturated heterocycles. The maximum Gasteiger partial charge on any atom is 0.339 e. The number of fused-ring (bicyclic) bond motifs is 1. The van der Waals surface area contributed by atoms with E-state index in [2.05, 4.69) is 15.4 Å². The van der Waals surface area contributed by atoms with Crippen molar-refractivity contribution in [3.05, 3.63) is 17.5 Å². The highest BCUT2D eigenvalue weighted by Crippen LogP contribution is 2.31. The van der Waals surface area contributed by atoms with Crippen LogP contribution in [0.5, 0.6) is 0 Å². The van der Waals surface area contributed by atoms with Crippen molar-refractivity contribution in [3.63, 3.8) is 0 Å². The molecule has 2 aromatic rings. The highest BCUT2D eigenvalue weighted by molar-refractivity contribution is 6.04. The molecule has 0 amide bonds. The van der Waals surface area contributed by atoms with Crippen LogP contribution in [0, 0.1) is 6.92 Å². The summed E-state index contributed by atoms with van der Waals surface area (Å²) >= 11 is 0. The Balaban J connectivity index is 2.12. The number of rotatable bonds is 4. The molecule has 0 bridgehead atoms. The highest BCUT2D eigenvalue weighted by atomic mass is 16.4. The number of hydrogen-bond acceptors (Lipinski definition) is 4. The number of pyridine rings is 1. The molecule has 3 rings (SSSR count). The van der Waals surface area contributed by atoms with Crippen LogP contribution in [0.3, 0.4) is 0 Å². The smallest absolute Gasteiger partial charge is 0.339 e. The van der Waals surface area contributed by atoms with Crippen LogP contribution in [-0.4, -0.2) is 31.9 Å². The third kappa shape index (κ3) is 2.53. The molecule has 1 saturated carbocycles. The normalized spacial score (nSPS) is 16.1. The lowest BCUT2D eigenvalue weighted by Gasteiger charge is -2.25. The Hall–Kier alpha value is -2.11. The maximum atomic E-state index is 11.7. The average molecular weight is 302 g/mol. The van der Waals surface area contributed by atoms with Gasteiger partial charge in [0.1, 0.15) is 5.56 Å². The first kappa shape index (κ1) is 14.8. The summed E-state index contributed by atoms with van der Waals surface area (Å²) < 4.78 is 1.81. The number of carbonyl (C=O) groups is 1. The molecule has 0 atom stereocenters. The van der Waals surface area contributed by atoms with Crippen molar-refractivity contribution >= 4 is 22.7 Å². The van der Waals surface area contributed by atoms with Crippen LogP contribution in [0.2, 0.25) is 0 Å². The summed E-state index contributed by atoms with van der Waals surface area (Å²) in [5, 5.41) is 18.2. The minimum atomic E-state index is -0.936. The molecule has 2 aromatic heterocycles. The van der Waals surface area contributed by atoms with Gasteiger partial charge in [-0.1, -0.05) is 19.3 Å². The molecule has 1 aliphatic carbocycles. The van der Waals surface area contributed by atoms with Gasteiger partial charge >= 0.3 is 5.97 Å². The number of aromatic carboxylic acids is 1. The van der Waals surface area contributed by atoms with E-state index in [1.807, 2.05) is 6.92 Å². The van der Waals surface area contributed by atoms with Crippen molar-refractivity contribution in [1.29, 1.82) is 0 Å². The molecule has 6 nitrogen and oxygen atoms in total. The standard InChI is InChI=1S/C16H22N4O2/c1-3-20-15-12(9-17-20)14(13(16(21)22)10(2)18-15)19-11-7-5-4-6-8-11/h9,11H,3-8H2,1-2H3,(H,18,19)(H,21,22). The number of nitrogens with one attached hydrogen (secondary N) is 1. The topological polar surface area (TPSA) is 80.0 Å². The summed E-state index contributed by atoms with van der Waals surface area (Å²) in [6.45, 7) is 4.47. The molecule has 0 unspecified atom stereocenters. The fraction of sp³-hybridized carbons (Fsp3) is 0.562. The van der Waals surface area contributed by atoms with Gasteiger partial charge in [-0.3, -0.25) is 0 Å². The number of carboxylic acids is 1. The summed E-state index contributed by atoms with van der Waals surface area (Å²) in [7, 11) is 0. The monoisotopic (exact) mass is 302 g/mol. The molecule has 0 aromatic carbocycles. The van der Waals surface area contributed by atoms with E-state index in [0.29, 0.717) is 24.0 Å². The maximum absolute atomic E-state index is 11.7. The zero-order valence-corrected chi connectivity index (χ0v) is 13.1. The van der Waals surface area contributed by atoms with E-state index in [4.69, 9.17) is 0 Å². The van der Waals surface area contributed by atoms with Gasteiger partial charge in [-0.05, 0) is 26.7 Å². The van der Waals surface area contributed by atoms with E-state index in [9.17, 15) is 9.90 Å². The van der Waals surface area contributed by atoms with E-state index >= 15 is 0 Å². The van der Waals surface area contributed by atoms with E-state index < -0.39 is 5.97 Å². The summed E-state index contributed by atoms with van der Waals surface area (Å²) in [4.78, 5) is 16.2. The number of aryl methyl sites for hydroxylation is 2. The van der Waals surface area contributed by atoms with Crippen LogP contribution < -0.4 is 5.32 Å². The Morgan fingerprint density at radius 2 is 2.14 bits per heavy atom. The minimum Gasteiger partial charge on any atom is -0.478 e. The quantitative estimate of drug-likeness (QED) is 0.906. The zero-order chi connectivity index (χ0) is 15.7. The fourth-order valence-electron chi connectivity index (χ4n) is 3.30. The van der Waals surface area contributed by atoms with Crippen LogP contribution in [-0.2, 0) is 6.54 Å². The second kappa shape index (κ2) is 5.94. The molecule has 118 valence electrons. The molecular weight excluding hydrogens is 280 g/mol. The largest absolute Gasteiger partial charge is 0.478 e. The van der Waals surface area contributed by atoms with Crippen LogP contribution in [0.25, 0.3) is 11.0 Å². The minimum absolute atomic E-state index is 0.272. The number of aromatic nitrogens is 3. The second-order valence-corrected chi connectivity index (χ2v) is 5.93. The first-order valence-electron chi connectivity index (χ1n) is 7.97. The molecule has 6 heteroatoms. The van der Waals surface area contributed by atoms with Crippen molar-refractivity contribution < 1.29 is 9.90 Å². The number of anilines is 1. The molecule has 1 fully saturated rings. The Labute approximate surface area is 129 Å². The fourth-order valence-corrected chi connectivity index (χ4v) is 3.30. The van der Waals surface area contributed by atoms with Gasteiger partial charge in [0, 0.05) is 12.6 Å². The number of carboxylic acid groups (broad SMARTS) is 1. The average Bonchev–Trinajstić information content (AvgIpc) is 2.90. The predicted molar refractivity (Wildman–Crippen MR) is 85.4 cm³/mol. The molecule has 22 heavy (non-hydrogen) atoms. The van der Waals surface area contributed by atoms with Crippen LogP contribution in [0.4, 0.5) is 5.69 Å². The number of hydrogen-bond donors (Lipinski definition) is 2. The van der Waals surface area contributed by atoms with E-state index in [1.54, 1.807) is 17.8 Å². The van der Waals surface area contributed by atoms with Crippen molar-refractivity contribution in [2.45, 2.75) is 58.5 Å². The lowest BCUT2D eigenvalue weighted by Crippen LogP contribution is -2.24. The van der Waals surface area contributed by atoms with Crippen LogP contribution in [0.15, 0.2) is 6.20 Å². The summed E-state index contributed by atoms with van der Waals surface area (Å²) in [6.07, 6.45) is 7.56. The summed E-state index contributed by atoms with van der Waals surface area (Å²) in [5.41, 5.74) is 2.24. The first-order valence-corrected chi connectivity index (χ1v) is 7.97. The second-order valence-electron chi connectivity index (χ2n) is 5.93. The Morgan fingerprint density at radius 3 is 2.77 bits per heavy atom. The van der Waals surface area contributed by atoms with Crippen molar-refractivity contribution in [2.75, 3.05) is 5.32 Å². The van der Waals surface area contributed by atoms with Crippen LogP contribution >= 0.6 is 0 Å². The van der Waals surface area contributed by atoms with Gasteiger partial charge in [0.15, 0.2) is 5.65 Å². The lowest BCUT2D eigenvalue weighted by molar-refractivity contribution is 0.0697. The number of nitrogens with zero attached hydrogens (tertiary/aromatic N) is 3. The molecule has 0 aliphatic heterocycles. The third-order valence-corrected chi connectivity index (χ3v) is 4.43. The Kier molecular flexibility index (Phi) is 4.00. The Bertz CT molecular complexity index is 702. The van der Waals surface area contributed by atoms with Gasteiger partial charge < -0.3 is 10.4 Å². The molecule has 2 heterocycles. The molecule has 0 spiro atoms. The van der Waals surface area contributed by atoms with Crippen molar-refractivity contribution in [3.8, 4) is 0 Å². The van der Waals surface area contributed by atoms with Crippen molar-refractivity contribution in [2.24, 2.45) is 0 Å². The molecule has 2 N–H and O–H groups in total. The summed E-state index contributed by atoms with van der Waals surface area (Å²) in [5.74, 6) is -0.936. The summed E-state index contributed by atoms with van der Waals surface area (Å²) in [6, 6.07) is 0.335. The van der Waals surface area contributed by atoms with Gasteiger partial charge in [-0.25, -0.2) is 14.5 Å². The van der Waals surface area contributed by atoms with E-state index in [0.717, 1.165) is 23.9 Å². The SMILES string of the molecule is CCn1ncc2c(NC3CCCCC3)c(C(=O)O)c(C)nc21. The highest BCUT2D eigenvalue weighted by Gasteiger charge is 2.23. The van der Waals surface area contributed by atoms with Gasteiger partial charge in [0.25, 0.3) is 0 Å². The van der Waals surface area contributed by atoms with Gasteiger partial charge in [-0.15, -0.1) is 0 Å². The van der Waals surface area contributed by atoms with Gasteiger partial charge in [-0.2, -0.15) is 5.10 Å². The predicted octanol–water partition coefficient (Wildman–Crippen LogP) is 3.20. The van der Waals surface area contributed by atoms with E-state index in [1.165, 1.54) is 19.3 Å². The van der Waals surface area contributed by atoms with Crippen LogP contribution in [0.1, 0.15) is 55.1 Å². The lowest BCUT2D eigenvalue weighted by atomic mass is 9.94. The Morgan fingerprint density at radius 1 is 1.41 bits per heavy atom. The molecule has 0 radical (unpaired) electrons. The van der Waals surface area contributed by atoms with Gasteiger partial charge in [0.2, 0.25) is 0 Å². The third-order valence-electron chi connectivity index (χ3n) is 4.43. The van der Waals surface area contributed by atoms with Crippen molar-refractivity contribution in [1.82, 2.24) is 14.8 Å². The van der Waals surface area contributed by atoms with Gasteiger partial charge in [0.05, 0.1) is 23.0 Å².